The molecule has 30 heavy (non-hydrogen) atoms. The predicted molar refractivity (Wildman–Crippen MR) is 113 cm³/mol. The number of hydrogen-bond donors (Lipinski definition) is 1. The molecular weight excluding hydrogens is 382 g/mol. The van der Waals surface area contributed by atoms with Crippen molar-refractivity contribution in [3.63, 3.8) is 0 Å². The van der Waals surface area contributed by atoms with Crippen molar-refractivity contribution in [1.82, 2.24) is 0 Å². The molecule has 2 aliphatic rings. The van der Waals surface area contributed by atoms with E-state index < -0.39 is 12.0 Å². The number of nitro groups is 1. The van der Waals surface area contributed by atoms with Crippen molar-refractivity contribution in [2.45, 2.75) is 12.5 Å². The highest BCUT2D eigenvalue weighted by Gasteiger charge is 2.35. The summed E-state index contributed by atoms with van der Waals surface area (Å²) in [7, 11) is 1.35. The van der Waals surface area contributed by atoms with E-state index in [1.165, 1.54) is 18.7 Å². The number of nitrogens with one attached hydrogen (secondary N) is 1. The van der Waals surface area contributed by atoms with Crippen LogP contribution in [0.1, 0.15) is 33.1 Å². The maximum atomic E-state index is 12.1. The average molecular weight is 401 g/mol. The summed E-state index contributed by atoms with van der Waals surface area (Å²) in [6, 6.07) is 17.9. The van der Waals surface area contributed by atoms with Gasteiger partial charge in [-0.1, -0.05) is 30.3 Å². The Hall–Kier alpha value is -3.87. The van der Waals surface area contributed by atoms with Crippen LogP contribution < -0.4 is 10.2 Å². The third-order valence-electron chi connectivity index (χ3n) is 5.79. The monoisotopic (exact) mass is 401 g/mol. The molecule has 0 bridgehead atoms. The Kier molecular flexibility index (Phi) is 4.17. The topological polar surface area (TPSA) is 84.7 Å². The van der Waals surface area contributed by atoms with Crippen LogP contribution in [0.15, 0.2) is 60.7 Å². The quantitative estimate of drug-likeness (QED) is 0.393. The molecule has 0 aromatic heterocycles. The van der Waals surface area contributed by atoms with Gasteiger partial charge in [-0.3, -0.25) is 10.1 Å². The Bertz CT molecular complexity index is 1190. The Morgan fingerprint density at radius 2 is 1.93 bits per heavy atom. The van der Waals surface area contributed by atoms with Gasteiger partial charge in [0.25, 0.3) is 5.69 Å². The molecule has 1 unspecified atom stereocenters. The number of carbonyl (C=O) groups excluding carboxylic acids is 1. The molecule has 0 saturated carbocycles. The summed E-state index contributed by atoms with van der Waals surface area (Å²) in [5, 5.41) is 15.2. The highest BCUT2D eigenvalue weighted by Crippen LogP contribution is 2.49. The predicted octanol–water partition coefficient (Wildman–Crippen LogP) is 4.59. The fraction of sp³-hybridized carbons (Fsp3) is 0.174. The zero-order valence-electron chi connectivity index (χ0n) is 16.3. The molecule has 0 amide bonds. The van der Waals surface area contributed by atoms with E-state index in [0.717, 1.165) is 35.6 Å². The van der Waals surface area contributed by atoms with E-state index in [0.29, 0.717) is 11.1 Å². The maximum Gasteiger partial charge on any atom is 0.337 e. The Balaban J connectivity index is 1.75. The minimum Gasteiger partial charge on any atom is -0.465 e. The van der Waals surface area contributed by atoms with E-state index in [1.807, 2.05) is 24.3 Å². The van der Waals surface area contributed by atoms with Gasteiger partial charge in [-0.25, -0.2) is 4.79 Å². The van der Waals surface area contributed by atoms with Crippen LogP contribution in [0.4, 0.5) is 22.7 Å². The molecule has 5 rings (SSSR count). The number of ether oxygens (including phenoxy) is 1. The van der Waals surface area contributed by atoms with E-state index in [4.69, 9.17) is 4.74 Å². The van der Waals surface area contributed by atoms with Gasteiger partial charge in [0.2, 0.25) is 0 Å². The largest absolute Gasteiger partial charge is 0.465 e. The molecule has 3 aromatic carbocycles. The van der Waals surface area contributed by atoms with Crippen LogP contribution in [-0.4, -0.2) is 24.5 Å². The number of carbonyl (C=O) groups is 1. The van der Waals surface area contributed by atoms with E-state index in [-0.39, 0.29) is 10.6 Å². The van der Waals surface area contributed by atoms with Gasteiger partial charge in [0.1, 0.15) is 0 Å². The summed E-state index contributed by atoms with van der Waals surface area (Å²) in [6.45, 7) is 0.808. The second-order valence-electron chi connectivity index (χ2n) is 7.37. The minimum atomic E-state index is -0.434. The number of para-hydroxylation sites is 2. The number of nitro benzene ring substituents is 1. The molecule has 1 N–H and O–H groups in total. The summed E-state index contributed by atoms with van der Waals surface area (Å²) >= 11 is 0. The van der Waals surface area contributed by atoms with Crippen molar-refractivity contribution in [1.29, 1.82) is 0 Å². The van der Waals surface area contributed by atoms with E-state index in [1.54, 1.807) is 24.3 Å². The van der Waals surface area contributed by atoms with Gasteiger partial charge in [0, 0.05) is 18.2 Å². The number of benzene rings is 3. The van der Waals surface area contributed by atoms with Crippen LogP contribution >= 0.6 is 0 Å². The van der Waals surface area contributed by atoms with Gasteiger partial charge in [-0.15, -0.1) is 0 Å². The van der Waals surface area contributed by atoms with Crippen molar-refractivity contribution in [3.8, 4) is 0 Å². The lowest BCUT2D eigenvalue weighted by Crippen LogP contribution is -2.14. The zero-order chi connectivity index (χ0) is 20.8. The number of anilines is 3. The van der Waals surface area contributed by atoms with Crippen molar-refractivity contribution in [2.24, 2.45) is 0 Å². The molecule has 0 fully saturated rings. The van der Waals surface area contributed by atoms with Crippen LogP contribution in [-0.2, 0) is 11.2 Å². The van der Waals surface area contributed by atoms with Crippen molar-refractivity contribution < 1.29 is 14.5 Å². The summed E-state index contributed by atoms with van der Waals surface area (Å²) in [4.78, 5) is 25.7. The van der Waals surface area contributed by atoms with Crippen molar-refractivity contribution in [3.05, 3.63) is 93.0 Å². The zero-order valence-corrected chi connectivity index (χ0v) is 16.3. The van der Waals surface area contributed by atoms with Crippen LogP contribution in [0.3, 0.4) is 0 Å². The number of nitrogens with zero attached hydrogens (tertiary/aromatic N) is 2. The maximum absolute atomic E-state index is 12.1. The number of fused-ring (bicyclic) bond motifs is 2. The number of hydrogen-bond acceptors (Lipinski definition) is 6. The van der Waals surface area contributed by atoms with Gasteiger partial charge < -0.3 is 15.0 Å². The third kappa shape index (κ3) is 2.70. The first-order valence-electron chi connectivity index (χ1n) is 9.70. The highest BCUT2D eigenvalue weighted by atomic mass is 16.6. The Morgan fingerprint density at radius 1 is 1.13 bits per heavy atom. The molecule has 0 aliphatic carbocycles. The van der Waals surface area contributed by atoms with Crippen LogP contribution in [0.2, 0.25) is 0 Å². The van der Waals surface area contributed by atoms with Gasteiger partial charge in [-0.2, -0.15) is 0 Å². The molecule has 0 radical (unpaired) electrons. The fourth-order valence-corrected chi connectivity index (χ4v) is 4.47. The molecule has 1 atom stereocenters. The van der Waals surface area contributed by atoms with Gasteiger partial charge in [0.15, 0.2) is 0 Å². The smallest absolute Gasteiger partial charge is 0.337 e. The minimum absolute atomic E-state index is 0.0599. The third-order valence-corrected chi connectivity index (χ3v) is 5.79. The summed E-state index contributed by atoms with van der Waals surface area (Å²) in [6.07, 6.45) is 0.894. The standard InChI is InChI=1S/C23H19N3O4/c1-30-23(27)15-9-10-20-18(13-15)24-21(16-6-2-3-8-19(16)26(28)29)17-7-4-5-14-11-12-25(20)22(14)17/h2-10,13,21,24H,11-12H2,1H3. The normalized spacial score (nSPS) is 16.2. The second-order valence-corrected chi connectivity index (χ2v) is 7.37. The molecule has 2 heterocycles. The first kappa shape index (κ1) is 18.2. The van der Waals surface area contributed by atoms with Crippen LogP contribution in [0, 0.1) is 10.1 Å². The molecule has 3 aromatic rings. The lowest BCUT2D eigenvalue weighted by atomic mass is 9.94. The lowest BCUT2D eigenvalue weighted by Gasteiger charge is -2.21. The van der Waals surface area contributed by atoms with Crippen LogP contribution in [0.25, 0.3) is 0 Å². The first-order valence-corrected chi connectivity index (χ1v) is 9.70. The molecule has 150 valence electrons. The average Bonchev–Trinajstić information content (AvgIpc) is 3.14. The fourth-order valence-electron chi connectivity index (χ4n) is 4.47. The summed E-state index contributed by atoms with van der Waals surface area (Å²) < 4.78 is 4.88. The molecule has 7 nitrogen and oxygen atoms in total. The highest BCUT2D eigenvalue weighted by molar-refractivity contribution is 5.94. The summed E-state index contributed by atoms with van der Waals surface area (Å²) in [5.41, 5.74) is 6.02. The number of methoxy groups -OCH3 is 1. The van der Waals surface area contributed by atoms with E-state index in [2.05, 4.69) is 16.3 Å². The van der Waals surface area contributed by atoms with Crippen molar-refractivity contribution in [2.75, 3.05) is 23.9 Å². The molecule has 7 heteroatoms. The lowest BCUT2D eigenvalue weighted by molar-refractivity contribution is -0.385. The van der Waals surface area contributed by atoms with E-state index in [9.17, 15) is 14.9 Å². The number of esters is 1. The first-order chi connectivity index (χ1) is 14.6. The van der Waals surface area contributed by atoms with Gasteiger partial charge in [-0.05, 0) is 36.2 Å². The second kappa shape index (κ2) is 6.88. The Labute approximate surface area is 173 Å². The number of rotatable bonds is 3. The SMILES string of the molecule is COC(=O)c1ccc2c(c1)NC(c1ccccc1[N+](=O)[O-])c1cccc3c1N2CC3. The van der Waals surface area contributed by atoms with Gasteiger partial charge in [0.05, 0.1) is 46.3 Å². The molecule has 2 aliphatic heterocycles. The molecule has 0 spiro atoms. The van der Waals surface area contributed by atoms with E-state index >= 15 is 0 Å². The van der Waals surface area contributed by atoms with Gasteiger partial charge >= 0.3 is 5.97 Å². The molecule has 0 saturated heterocycles. The van der Waals surface area contributed by atoms with Crippen LogP contribution in [0.5, 0.6) is 0 Å². The summed E-state index contributed by atoms with van der Waals surface area (Å²) in [5.74, 6) is -0.425. The molecular formula is C23H19N3O4. The van der Waals surface area contributed by atoms with Crippen molar-refractivity contribution >= 4 is 28.7 Å². The Morgan fingerprint density at radius 3 is 2.73 bits per heavy atom.